The van der Waals surface area contributed by atoms with Crippen molar-refractivity contribution in [3.05, 3.63) is 35.6 Å². The Bertz CT molecular complexity index is 337. The second kappa shape index (κ2) is 6.72. The molecule has 2 unspecified atom stereocenters. The van der Waals surface area contributed by atoms with Gasteiger partial charge < -0.3 is 10.2 Å². The molecule has 0 bridgehead atoms. The number of benzene rings is 1. The van der Waals surface area contributed by atoms with E-state index < -0.39 is 12.2 Å². The minimum absolute atomic E-state index is 0.0959. The Morgan fingerprint density at radius 2 is 1.82 bits per heavy atom. The lowest BCUT2D eigenvalue weighted by Gasteiger charge is -2.25. The van der Waals surface area contributed by atoms with E-state index in [0.717, 1.165) is 12.8 Å². The van der Waals surface area contributed by atoms with E-state index >= 15 is 0 Å². The SMILES string of the molecule is CCC(CC)C(O)C(O)Cc1cccc(F)c1. The molecule has 2 nitrogen and oxygen atoms in total. The van der Waals surface area contributed by atoms with E-state index in [9.17, 15) is 14.6 Å². The van der Waals surface area contributed by atoms with Gasteiger partial charge in [0, 0.05) is 6.42 Å². The van der Waals surface area contributed by atoms with Crippen molar-refractivity contribution in [2.45, 2.75) is 45.3 Å². The van der Waals surface area contributed by atoms with Crippen LogP contribution in [0.1, 0.15) is 32.3 Å². The van der Waals surface area contributed by atoms with Gasteiger partial charge in [0.1, 0.15) is 5.82 Å². The zero-order chi connectivity index (χ0) is 12.8. The molecule has 0 saturated heterocycles. The van der Waals surface area contributed by atoms with Crippen molar-refractivity contribution >= 4 is 0 Å². The van der Waals surface area contributed by atoms with E-state index in [0.29, 0.717) is 5.56 Å². The molecule has 0 aliphatic carbocycles. The third-order valence-electron chi connectivity index (χ3n) is 3.26. The van der Waals surface area contributed by atoms with E-state index in [4.69, 9.17) is 0 Å². The summed E-state index contributed by atoms with van der Waals surface area (Å²) in [5.74, 6) is -0.217. The van der Waals surface area contributed by atoms with Crippen molar-refractivity contribution in [1.29, 1.82) is 0 Å². The van der Waals surface area contributed by atoms with Gasteiger partial charge in [0.05, 0.1) is 12.2 Å². The Morgan fingerprint density at radius 3 is 2.35 bits per heavy atom. The summed E-state index contributed by atoms with van der Waals surface area (Å²) in [7, 11) is 0. The van der Waals surface area contributed by atoms with E-state index in [-0.39, 0.29) is 18.2 Å². The van der Waals surface area contributed by atoms with Gasteiger partial charge >= 0.3 is 0 Å². The summed E-state index contributed by atoms with van der Waals surface area (Å²) < 4.78 is 13.0. The molecule has 2 atom stereocenters. The van der Waals surface area contributed by atoms with Crippen LogP contribution in [-0.2, 0) is 6.42 Å². The molecule has 0 spiro atoms. The summed E-state index contributed by atoms with van der Waals surface area (Å²) >= 11 is 0. The zero-order valence-electron chi connectivity index (χ0n) is 10.4. The minimum atomic E-state index is -0.832. The van der Waals surface area contributed by atoms with Crippen LogP contribution in [0.2, 0.25) is 0 Å². The highest BCUT2D eigenvalue weighted by Gasteiger charge is 2.23. The Labute approximate surface area is 102 Å². The van der Waals surface area contributed by atoms with Crippen LogP contribution in [-0.4, -0.2) is 22.4 Å². The molecule has 3 heteroatoms. The minimum Gasteiger partial charge on any atom is -0.390 e. The second-order valence-corrected chi connectivity index (χ2v) is 4.47. The van der Waals surface area contributed by atoms with E-state index in [1.54, 1.807) is 12.1 Å². The van der Waals surface area contributed by atoms with Crippen LogP contribution < -0.4 is 0 Å². The molecular weight excluding hydrogens is 219 g/mol. The molecule has 0 radical (unpaired) electrons. The molecule has 0 aliphatic heterocycles. The molecule has 0 amide bonds. The van der Waals surface area contributed by atoms with Crippen molar-refractivity contribution in [3.8, 4) is 0 Å². The largest absolute Gasteiger partial charge is 0.390 e. The predicted molar refractivity (Wildman–Crippen MR) is 66.2 cm³/mol. The number of hydrogen-bond acceptors (Lipinski definition) is 2. The highest BCUT2D eigenvalue weighted by molar-refractivity contribution is 5.17. The van der Waals surface area contributed by atoms with Crippen molar-refractivity contribution < 1.29 is 14.6 Å². The van der Waals surface area contributed by atoms with Gasteiger partial charge in [-0.3, -0.25) is 0 Å². The quantitative estimate of drug-likeness (QED) is 0.802. The lowest BCUT2D eigenvalue weighted by Crippen LogP contribution is -2.34. The highest BCUT2D eigenvalue weighted by Crippen LogP contribution is 2.18. The average Bonchev–Trinajstić information content (AvgIpc) is 2.30. The molecule has 96 valence electrons. The Morgan fingerprint density at radius 1 is 1.18 bits per heavy atom. The van der Waals surface area contributed by atoms with Gasteiger partial charge in [0.25, 0.3) is 0 Å². The fourth-order valence-electron chi connectivity index (χ4n) is 2.11. The Balaban J connectivity index is 2.62. The summed E-state index contributed by atoms with van der Waals surface area (Å²) in [6, 6.07) is 6.13. The van der Waals surface area contributed by atoms with Crippen LogP contribution in [0, 0.1) is 11.7 Å². The first-order chi connectivity index (χ1) is 8.08. The summed E-state index contributed by atoms with van der Waals surface area (Å²) in [5, 5.41) is 19.9. The molecular formula is C14H21FO2. The van der Waals surface area contributed by atoms with Crippen LogP contribution in [0.3, 0.4) is 0 Å². The zero-order valence-corrected chi connectivity index (χ0v) is 10.4. The third-order valence-corrected chi connectivity index (χ3v) is 3.26. The fourth-order valence-corrected chi connectivity index (χ4v) is 2.11. The molecule has 2 N–H and O–H groups in total. The van der Waals surface area contributed by atoms with Gasteiger partial charge in [-0.05, 0) is 23.6 Å². The molecule has 1 aromatic carbocycles. The van der Waals surface area contributed by atoms with Gasteiger partial charge in [-0.25, -0.2) is 4.39 Å². The van der Waals surface area contributed by atoms with Crippen LogP contribution in [0.15, 0.2) is 24.3 Å². The van der Waals surface area contributed by atoms with Crippen molar-refractivity contribution in [2.75, 3.05) is 0 Å². The summed E-state index contributed by atoms with van der Waals surface area (Å²) in [5.41, 5.74) is 0.711. The van der Waals surface area contributed by atoms with Gasteiger partial charge in [-0.2, -0.15) is 0 Å². The number of rotatable bonds is 6. The first-order valence-electron chi connectivity index (χ1n) is 6.19. The number of aliphatic hydroxyl groups excluding tert-OH is 2. The van der Waals surface area contributed by atoms with E-state index in [2.05, 4.69) is 0 Å². The van der Waals surface area contributed by atoms with Gasteiger partial charge in [0.2, 0.25) is 0 Å². The number of aliphatic hydroxyl groups is 2. The third kappa shape index (κ3) is 4.10. The maximum absolute atomic E-state index is 13.0. The van der Waals surface area contributed by atoms with Gasteiger partial charge in [-0.15, -0.1) is 0 Å². The molecule has 0 saturated carbocycles. The monoisotopic (exact) mass is 240 g/mol. The number of halogens is 1. The maximum Gasteiger partial charge on any atom is 0.123 e. The van der Waals surface area contributed by atoms with E-state index in [1.807, 2.05) is 13.8 Å². The summed E-state index contributed by atoms with van der Waals surface area (Å²) in [4.78, 5) is 0. The van der Waals surface area contributed by atoms with Gasteiger partial charge in [-0.1, -0.05) is 38.8 Å². The standard InChI is InChI=1S/C14H21FO2/c1-3-11(4-2)14(17)13(16)9-10-6-5-7-12(15)8-10/h5-8,11,13-14,16-17H,3-4,9H2,1-2H3. The number of hydrogen-bond donors (Lipinski definition) is 2. The second-order valence-electron chi connectivity index (χ2n) is 4.47. The van der Waals surface area contributed by atoms with Crippen LogP contribution in [0.5, 0.6) is 0 Å². The average molecular weight is 240 g/mol. The maximum atomic E-state index is 13.0. The Hall–Kier alpha value is -0.930. The van der Waals surface area contributed by atoms with E-state index in [1.165, 1.54) is 12.1 Å². The van der Waals surface area contributed by atoms with Crippen molar-refractivity contribution in [2.24, 2.45) is 5.92 Å². The van der Waals surface area contributed by atoms with Crippen molar-refractivity contribution in [3.63, 3.8) is 0 Å². The molecule has 17 heavy (non-hydrogen) atoms. The first-order valence-corrected chi connectivity index (χ1v) is 6.19. The molecule has 0 aromatic heterocycles. The molecule has 1 rings (SSSR count). The predicted octanol–water partition coefficient (Wildman–Crippen LogP) is 2.53. The Kier molecular flexibility index (Phi) is 5.59. The summed E-state index contributed by atoms with van der Waals surface area (Å²) in [6.07, 6.45) is 0.375. The smallest absolute Gasteiger partial charge is 0.123 e. The van der Waals surface area contributed by atoms with Crippen LogP contribution in [0.4, 0.5) is 4.39 Å². The first kappa shape index (κ1) is 14.1. The fraction of sp³-hybridized carbons (Fsp3) is 0.571. The summed E-state index contributed by atoms with van der Waals surface area (Å²) in [6.45, 7) is 3.98. The molecule has 0 aliphatic rings. The van der Waals surface area contributed by atoms with Crippen molar-refractivity contribution in [1.82, 2.24) is 0 Å². The molecule has 0 fully saturated rings. The molecule has 1 aromatic rings. The lowest BCUT2D eigenvalue weighted by molar-refractivity contribution is -0.0188. The van der Waals surface area contributed by atoms with Gasteiger partial charge in [0.15, 0.2) is 0 Å². The highest BCUT2D eigenvalue weighted by atomic mass is 19.1. The lowest BCUT2D eigenvalue weighted by atomic mass is 9.90. The normalized spacial score (nSPS) is 14.9. The molecule has 0 heterocycles. The van der Waals surface area contributed by atoms with Crippen LogP contribution in [0.25, 0.3) is 0 Å². The van der Waals surface area contributed by atoms with Crippen LogP contribution >= 0.6 is 0 Å². The topological polar surface area (TPSA) is 40.5 Å².